The zero-order chi connectivity index (χ0) is 28.3. The number of nitrogens with two attached hydrogens (primary N) is 2. The summed E-state index contributed by atoms with van der Waals surface area (Å²) in [5, 5.41) is 0. The number of aryl methyl sites for hydroxylation is 2. The minimum absolute atomic E-state index is 0.0722. The zero-order valence-corrected chi connectivity index (χ0v) is 21.3. The number of benzene rings is 2. The molecule has 4 N–H and O–H groups in total. The molecule has 0 saturated heterocycles. The SMILES string of the molecule is CCc1cc(C(F)(F)C(F)(F)C(F)(F)C(F)(F)c2cc(CC)c(N)c(C3CCC3)c2)cc(C2CCC2)c1N. The monoisotopic (exact) mass is 548 g/mol. The molecule has 0 heterocycles. The van der Waals surface area contributed by atoms with Gasteiger partial charge in [-0.15, -0.1) is 0 Å². The minimum atomic E-state index is -6.44. The molecule has 2 aliphatic rings. The first kappa shape index (κ1) is 28.5. The van der Waals surface area contributed by atoms with Crippen molar-refractivity contribution in [2.75, 3.05) is 11.5 Å². The van der Waals surface area contributed by atoms with E-state index in [4.69, 9.17) is 11.5 Å². The van der Waals surface area contributed by atoms with Crippen molar-refractivity contribution >= 4 is 11.4 Å². The van der Waals surface area contributed by atoms with Crippen LogP contribution in [-0.4, -0.2) is 11.8 Å². The van der Waals surface area contributed by atoms with Crippen LogP contribution in [0.15, 0.2) is 24.3 Å². The first-order valence-corrected chi connectivity index (χ1v) is 13.0. The van der Waals surface area contributed by atoms with E-state index in [0.29, 0.717) is 49.9 Å². The quantitative estimate of drug-likeness (QED) is 0.243. The van der Waals surface area contributed by atoms with Crippen molar-refractivity contribution in [3.8, 4) is 0 Å². The van der Waals surface area contributed by atoms with Gasteiger partial charge in [-0.2, -0.15) is 35.1 Å². The van der Waals surface area contributed by atoms with Crippen LogP contribution in [0.2, 0.25) is 0 Å². The predicted molar refractivity (Wildman–Crippen MR) is 131 cm³/mol. The van der Waals surface area contributed by atoms with Crippen LogP contribution in [-0.2, 0) is 24.7 Å². The third-order valence-electron chi connectivity index (χ3n) is 8.36. The van der Waals surface area contributed by atoms with E-state index in [-0.39, 0.29) is 58.3 Å². The molecule has 0 spiro atoms. The van der Waals surface area contributed by atoms with Crippen LogP contribution < -0.4 is 11.5 Å². The summed E-state index contributed by atoms with van der Waals surface area (Å²) in [4.78, 5) is 0. The van der Waals surface area contributed by atoms with E-state index in [1.54, 1.807) is 13.8 Å². The lowest BCUT2D eigenvalue weighted by Crippen LogP contribution is -2.59. The number of alkyl halides is 8. The van der Waals surface area contributed by atoms with Crippen LogP contribution in [0.1, 0.15) is 97.6 Å². The van der Waals surface area contributed by atoms with Crippen molar-refractivity contribution in [1.29, 1.82) is 0 Å². The minimum Gasteiger partial charge on any atom is -0.398 e. The van der Waals surface area contributed by atoms with E-state index in [9.17, 15) is 0 Å². The Morgan fingerprint density at radius 2 is 0.921 bits per heavy atom. The fourth-order valence-corrected chi connectivity index (χ4v) is 5.29. The number of anilines is 2. The Labute approximate surface area is 216 Å². The summed E-state index contributed by atoms with van der Waals surface area (Å²) < 4.78 is 122. The lowest BCUT2D eigenvalue weighted by Gasteiger charge is -2.38. The maximum Gasteiger partial charge on any atom is 0.382 e. The first-order chi connectivity index (χ1) is 17.6. The molecule has 0 bridgehead atoms. The number of halogens is 8. The topological polar surface area (TPSA) is 52.0 Å². The van der Waals surface area contributed by atoms with Gasteiger partial charge in [0.2, 0.25) is 0 Å². The average Bonchev–Trinajstić information content (AvgIpc) is 2.78. The maximum atomic E-state index is 15.3. The van der Waals surface area contributed by atoms with Gasteiger partial charge in [0.05, 0.1) is 0 Å². The van der Waals surface area contributed by atoms with Gasteiger partial charge in [-0.25, -0.2) is 0 Å². The molecule has 0 amide bonds. The number of hydrogen-bond acceptors (Lipinski definition) is 2. The largest absolute Gasteiger partial charge is 0.398 e. The van der Waals surface area contributed by atoms with E-state index < -0.39 is 34.8 Å². The second kappa shape index (κ2) is 9.59. The van der Waals surface area contributed by atoms with Gasteiger partial charge in [0.25, 0.3) is 0 Å². The van der Waals surface area contributed by atoms with Gasteiger partial charge < -0.3 is 11.5 Å². The fourth-order valence-electron chi connectivity index (χ4n) is 5.29. The normalized spacial score (nSPS) is 17.8. The summed E-state index contributed by atoms with van der Waals surface area (Å²) in [6.45, 7) is 3.09. The average molecular weight is 549 g/mol. The fraction of sp³-hybridized carbons (Fsp3) is 0.571. The lowest BCUT2D eigenvalue weighted by atomic mass is 9.76. The smallest absolute Gasteiger partial charge is 0.382 e. The van der Waals surface area contributed by atoms with Gasteiger partial charge in [0.15, 0.2) is 0 Å². The summed E-state index contributed by atoms with van der Waals surface area (Å²) in [7, 11) is 0. The highest BCUT2D eigenvalue weighted by Crippen LogP contribution is 2.60. The molecule has 0 aromatic heterocycles. The third-order valence-corrected chi connectivity index (χ3v) is 8.36. The second-order valence-electron chi connectivity index (χ2n) is 10.5. The van der Waals surface area contributed by atoms with Crippen LogP contribution in [0.3, 0.4) is 0 Å². The second-order valence-corrected chi connectivity index (χ2v) is 10.5. The summed E-state index contributed by atoms with van der Waals surface area (Å²) in [5.41, 5.74) is 9.91. The van der Waals surface area contributed by atoms with Crippen LogP contribution in [0.25, 0.3) is 0 Å². The Bertz CT molecular complexity index is 1110. The van der Waals surface area contributed by atoms with Crippen LogP contribution in [0.5, 0.6) is 0 Å². The van der Waals surface area contributed by atoms with E-state index >= 15 is 35.1 Å². The van der Waals surface area contributed by atoms with Gasteiger partial charge in [-0.3, -0.25) is 0 Å². The van der Waals surface area contributed by atoms with Gasteiger partial charge in [-0.05, 0) is 96.9 Å². The van der Waals surface area contributed by atoms with Gasteiger partial charge in [-0.1, -0.05) is 26.7 Å². The third kappa shape index (κ3) is 4.13. The standard InChI is InChI=1S/C28H32F8N2/c1-3-15-11-19(13-21(23(15)37)17-7-5-8-17)25(29,30)27(33,34)28(35,36)26(31,32)20-12-16(4-2)24(38)22(14-20)18-9-6-10-18/h11-14,17-18H,3-10,37-38H2,1-2H3. The zero-order valence-electron chi connectivity index (χ0n) is 21.3. The Morgan fingerprint density at radius 1 is 0.605 bits per heavy atom. The van der Waals surface area contributed by atoms with Crippen molar-refractivity contribution in [3.05, 3.63) is 57.6 Å². The van der Waals surface area contributed by atoms with Crippen molar-refractivity contribution in [3.63, 3.8) is 0 Å². The molecular weight excluding hydrogens is 516 g/mol. The molecule has 2 fully saturated rings. The summed E-state index contributed by atoms with van der Waals surface area (Å²) in [5.74, 6) is -24.7. The molecule has 2 nitrogen and oxygen atoms in total. The number of rotatable bonds is 9. The first-order valence-electron chi connectivity index (χ1n) is 13.0. The summed E-state index contributed by atoms with van der Waals surface area (Å²) >= 11 is 0. The highest BCUT2D eigenvalue weighted by atomic mass is 19.4. The Balaban J connectivity index is 1.80. The number of hydrogen-bond donors (Lipinski definition) is 2. The van der Waals surface area contributed by atoms with Crippen LogP contribution in [0.4, 0.5) is 46.5 Å². The Kier molecular flexibility index (Phi) is 7.19. The Morgan fingerprint density at radius 3 is 1.16 bits per heavy atom. The van der Waals surface area contributed by atoms with Gasteiger partial charge in [0.1, 0.15) is 0 Å². The van der Waals surface area contributed by atoms with Crippen molar-refractivity contribution < 1.29 is 35.1 Å². The van der Waals surface area contributed by atoms with Crippen molar-refractivity contribution in [2.24, 2.45) is 0 Å². The van der Waals surface area contributed by atoms with E-state index in [1.165, 1.54) is 0 Å². The predicted octanol–water partition coefficient (Wildman–Crippen LogP) is 8.67. The molecule has 0 aliphatic heterocycles. The van der Waals surface area contributed by atoms with E-state index in [0.717, 1.165) is 12.8 Å². The summed E-state index contributed by atoms with van der Waals surface area (Å²) in [6.07, 6.45) is 4.00. The maximum absolute atomic E-state index is 15.3. The van der Waals surface area contributed by atoms with Crippen LogP contribution in [0, 0.1) is 0 Å². The molecule has 2 aliphatic carbocycles. The molecule has 2 aromatic carbocycles. The number of nitrogen functional groups attached to an aromatic ring is 2. The molecule has 10 heteroatoms. The van der Waals surface area contributed by atoms with Crippen molar-refractivity contribution in [2.45, 2.75) is 101 Å². The summed E-state index contributed by atoms with van der Waals surface area (Å²) in [6, 6.07) is 2.58. The highest BCUT2D eigenvalue weighted by Gasteiger charge is 2.81. The Hall–Kier alpha value is -2.52. The van der Waals surface area contributed by atoms with E-state index in [2.05, 4.69) is 0 Å². The van der Waals surface area contributed by atoms with Gasteiger partial charge >= 0.3 is 23.7 Å². The highest BCUT2D eigenvalue weighted by molar-refractivity contribution is 5.60. The molecule has 4 rings (SSSR count). The lowest BCUT2D eigenvalue weighted by molar-refractivity contribution is -0.374. The molecule has 0 atom stereocenters. The molecule has 2 aromatic rings. The molecular formula is C28H32F8N2. The van der Waals surface area contributed by atoms with Gasteiger partial charge in [0, 0.05) is 22.5 Å². The molecule has 210 valence electrons. The van der Waals surface area contributed by atoms with Crippen LogP contribution >= 0.6 is 0 Å². The van der Waals surface area contributed by atoms with Crippen molar-refractivity contribution in [1.82, 2.24) is 0 Å². The molecule has 38 heavy (non-hydrogen) atoms. The molecule has 0 radical (unpaired) electrons. The molecule has 0 unspecified atom stereocenters. The van der Waals surface area contributed by atoms with E-state index in [1.807, 2.05) is 0 Å². The molecule has 2 saturated carbocycles.